The molecule has 1 aliphatic carbocycles. The van der Waals surface area contributed by atoms with E-state index in [-0.39, 0.29) is 36.2 Å². The number of ketones is 1. The van der Waals surface area contributed by atoms with Crippen LogP contribution in [0.25, 0.3) is 11.0 Å². The lowest BCUT2D eigenvalue weighted by Crippen LogP contribution is -2.57. The number of aryl methyl sites for hydroxylation is 1. The zero-order valence-corrected chi connectivity index (χ0v) is 27.9. The maximum atomic E-state index is 14.3. The fourth-order valence-electron chi connectivity index (χ4n) is 7.51. The zero-order valence-electron chi connectivity index (χ0n) is 27.9. The Labute approximate surface area is 267 Å². The normalized spacial score (nSPS) is 30.2. The first-order chi connectivity index (χ1) is 21.4. The summed E-state index contributed by atoms with van der Waals surface area (Å²) in [4.78, 5) is 52.2. The summed E-state index contributed by atoms with van der Waals surface area (Å²) in [7, 11) is 1.61. The van der Waals surface area contributed by atoms with Gasteiger partial charge >= 0.3 is 6.09 Å². The topological polar surface area (TPSA) is 120 Å². The highest BCUT2D eigenvalue weighted by molar-refractivity contribution is 5.92. The zero-order chi connectivity index (χ0) is 32.5. The molecule has 0 spiro atoms. The summed E-state index contributed by atoms with van der Waals surface area (Å²) in [6.07, 6.45) is 6.31. The molecule has 3 aliphatic rings. The van der Waals surface area contributed by atoms with E-state index in [2.05, 4.69) is 12.2 Å². The van der Waals surface area contributed by atoms with E-state index in [9.17, 15) is 14.4 Å². The molecule has 0 radical (unpaired) electrons. The SMILES string of the molecule is COc1ccc2nc3c(nc2c1)O[C@H]1CN(C(=O)[C@H](C(C)(C)C)NC(=O)O[C@@H]2CCC[C@H](C)[C@H]2CCCCC3)[C@H](C(C)=O)[C@@H]1C. The summed E-state index contributed by atoms with van der Waals surface area (Å²) in [5, 5.41) is 2.92. The predicted molar refractivity (Wildman–Crippen MR) is 171 cm³/mol. The lowest BCUT2D eigenvalue weighted by atomic mass is 9.75. The van der Waals surface area contributed by atoms with Crippen LogP contribution in [0.2, 0.25) is 0 Å². The van der Waals surface area contributed by atoms with Gasteiger partial charge < -0.3 is 24.4 Å². The summed E-state index contributed by atoms with van der Waals surface area (Å²) in [6, 6.07) is 4.03. The maximum absolute atomic E-state index is 14.3. The summed E-state index contributed by atoms with van der Waals surface area (Å²) in [6.45, 7) is 11.6. The van der Waals surface area contributed by atoms with Crippen molar-refractivity contribution in [2.75, 3.05) is 13.7 Å². The monoisotopic (exact) mass is 622 g/mol. The first kappa shape index (κ1) is 32.9. The molecule has 10 heteroatoms. The van der Waals surface area contributed by atoms with Gasteiger partial charge in [-0.15, -0.1) is 0 Å². The van der Waals surface area contributed by atoms with Crippen LogP contribution in [0.4, 0.5) is 4.79 Å². The third kappa shape index (κ3) is 7.20. The number of hydrogen-bond acceptors (Lipinski definition) is 8. The third-order valence-electron chi connectivity index (χ3n) is 10.1. The van der Waals surface area contributed by atoms with Crippen molar-refractivity contribution < 1.29 is 28.6 Å². The lowest BCUT2D eigenvalue weighted by Gasteiger charge is -2.38. The Morgan fingerprint density at radius 2 is 1.76 bits per heavy atom. The second-order valence-electron chi connectivity index (χ2n) is 14.5. The molecule has 0 unspecified atom stereocenters. The average molecular weight is 623 g/mol. The molecule has 1 saturated heterocycles. The Bertz CT molecular complexity index is 1410. The van der Waals surface area contributed by atoms with Gasteiger partial charge in [-0.25, -0.2) is 14.8 Å². The molecule has 5 rings (SSSR count). The quantitative estimate of drug-likeness (QED) is 0.441. The molecule has 1 saturated carbocycles. The molecule has 3 heterocycles. The van der Waals surface area contributed by atoms with Crippen LogP contribution in [0.5, 0.6) is 11.6 Å². The van der Waals surface area contributed by atoms with Crippen LogP contribution in [0.15, 0.2) is 18.2 Å². The molecule has 2 aromatic rings. The van der Waals surface area contributed by atoms with Crippen LogP contribution in [0.1, 0.15) is 92.2 Å². The molecule has 1 aromatic carbocycles. The van der Waals surface area contributed by atoms with Gasteiger partial charge in [-0.05, 0) is 68.4 Å². The lowest BCUT2D eigenvalue weighted by molar-refractivity contribution is -0.141. The van der Waals surface area contributed by atoms with Crippen LogP contribution in [0.3, 0.4) is 0 Å². The number of rotatable bonds is 2. The number of carbonyl (C=O) groups is 3. The standard InChI is InChI=1S/C35H50N4O6/c1-20-12-11-15-28-24(20)13-9-8-10-14-26-32(37-27-18-23(43-7)16-17-25(27)36-26)44-29-19-39(30(21(29)2)22(3)40)33(41)31(35(4,5)6)38-34(42)45-28/h16-18,20-21,24,28-31H,8-15,19H2,1-7H3,(H,38,42)/t20-,21+,24+,28+,29-,30-,31+/m0/s1. The number of Topliss-reactive ketones (excluding diaryl/α,β-unsaturated/α-hetero) is 1. The van der Waals surface area contributed by atoms with Gasteiger partial charge in [-0.2, -0.15) is 0 Å². The number of aromatic nitrogens is 2. The molecular weight excluding hydrogens is 572 g/mol. The molecule has 2 aliphatic heterocycles. The average Bonchev–Trinajstić information content (AvgIpc) is 3.31. The number of nitrogens with one attached hydrogen (secondary N) is 1. The van der Waals surface area contributed by atoms with Gasteiger partial charge in [0.05, 0.1) is 30.7 Å². The summed E-state index contributed by atoms with van der Waals surface area (Å²) in [5.74, 6) is 1.07. The second-order valence-corrected chi connectivity index (χ2v) is 14.5. The van der Waals surface area contributed by atoms with Gasteiger partial charge in [0.1, 0.15) is 29.7 Å². The minimum atomic E-state index is -0.889. The van der Waals surface area contributed by atoms with Gasteiger partial charge in [0.25, 0.3) is 0 Å². The van der Waals surface area contributed by atoms with E-state index >= 15 is 0 Å². The van der Waals surface area contributed by atoms with E-state index in [4.69, 9.17) is 24.2 Å². The number of amides is 2. The van der Waals surface area contributed by atoms with Gasteiger partial charge in [-0.1, -0.05) is 53.9 Å². The van der Waals surface area contributed by atoms with Crippen molar-refractivity contribution in [3.05, 3.63) is 23.9 Å². The smallest absolute Gasteiger partial charge is 0.408 e. The largest absolute Gasteiger partial charge is 0.497 e. The van der Waals surface area contributed by atoms with Crippen molar-refractivity contribution >= 4 is 28.8 Å². The van der Waals surface area contributed by atoms with Crippen molar-refractivity contribution in [2.45, 2.75) is 117 Å². The minimum Gasteiger partial charge on any atom is -0.497 e. The number of benzene rings is 1. The van der Waals surface area contributed by atoms with Gasteiger partial charge in [0.2, 0.25) is 11.8 Å². The Balaban J connectivity index is 1.53. The van der Waals surface area contributed by atoms with Crippen LogP contribution < -0.4 is 14.8 Å². The van der Waals surface area contributed by atoms with Crippen molar-refractivity contribution in [1.82, 2.24) is 20.2 Å². The highest BCUT2D eigenvalue weighted by Gasteiger charge is 2.49. The van der Waals surface area contributed by atoms with Crippen LogP contribution in [-0.4, -0.2) is 70.6 Å². The van der Waals surface area contributed by atoms with Crippen molar-refractivity contribution in [3.8, 4) is 11.6 Å². The van der Waals surface area contributed by atoms with E-state index in [1.54, 1.807) is 12.0 Å². The summed E-state index contributed by atoms with van der Waals surface area (Å²) < 4.78 is 18.1. The molecule has 246 valence electrons. The Hall–Kier alpha value is -3.43. The molecule has 2 fully saturated rings. The molecule has 10 nitrogen and oxygen atoms in total. The van der Waals surface area contributed by atoms with Crippen LogP contribution in [-0.2, 0) is 20.7 Å². The molecular formula is C35H50N4O6. The first-order valence-electron chi connectivity index (χ1n) is 16.7. The van der Waals surface area contributed by atoms with Crippen molar-refractivity contribution in [3.63, 3.8) is 0 Å². The highest BCUT2D eigenvalue weighted by Crippen LogP contribution is 2.37. The van der Waals surface area contributed by atoms with E-state index in [1.807, 2.05) is 45.9 Å². The van der Waals surface area contributed by atoms with Crippen LogP contribution >= 0.6 is 0 Å². The molecule has 1 N–H and O–H groups in total. The molecule has 2 amide bonds. The molecule has 45 heavy (non-hydrogen) atoms. The number of ether oxygens (including phenoxy) is 3. The first-order valence-corrected chi connectivity index (χ1v) is 16.7. The highest BCUT2D eigenvalue weighted by atomic mass is 16.6. The number of methoxy groups -OCH3 is 1. The Morgan fingerprint density at radius 1 is 0.978 bits per heavy atom. The number of alkyl carbamates (subject to hydrolysis) is 1. The van der Waals surface area contributed by atoms with Gasteiger partial charge in [-0.3, -0.25) is 9.59 Å². The number of carbonyl (C=O) groups excluding carboxylic acids is 3. The van der Waals surface area contributed by atoms with Crippen molar-refractivity contribution in [2.24, 2.45) is 23.2 Å². The molecule has 1 aromatic heterocycles. The number of hydrogen-bond donors (Lipinski definition) is 1. The number of nitrogens with zero attached hydrogens (tertiary/aromatic N) is 3. The summed E-state index contributed by atoms with van der Waals surface area (Å²) in [5.41, 5.74) is 1.57. The maximum Gasteiger partial charge on any atom is 0.408 e. The second kappa shape index (κ2) is 13.5. The van der Waals surface area contributed by atoms with Crippen molar-refractivity contribution in [1.29, 1.82) is 0 Å². The van der Waals surface area contributed by atoms with E-state index in [1.165, 1.54) is 6.92 Å². The van der Waals surface area contributed by atoms with E-state index < -0.39 is 29.7 Å². The Morgan fingerprint density at radius 3 is 2.47 bits per heavy atom. The fraction of sp³-hybridized carbons (Fsp3) is 0.686. The summed E-state index contributed by atoms with van der Waals surface area (Å²) >= 11 is 0. The van der Waals surface area contributed by atoms with Gasteiger partial charge in [0, 0.05) is 12.0 Å². The number of fused-ring (bicyclic) bond motifs is 5. The molecule has 2 bridgehead atoms. The fourth-order valence-corrected chi connectivity index (χ4v) is 7.51. The predicted octanol–water partition coefficient (Wildman–Crippen LogP) is 5.88. The van der Waals surface area contributed by atoms with Crippen LogP contribution in [0, 0.1) is 23.2 Å². The minimum absolute atomic E-state index is 0.128. The van der Waals surface area contributed by atoms with E-state index in [0.717, 1.165) is 56.2 Å². The van der Waals surface area contributed by atoms with E-state index in [0.29, 0.717) is 29.5 Å². The Kier molecular flexibility index (Phi) is 9.89. The van der Waals surface area contributed by atoms with Gasteiger partial charge in [0.15, 0.2) is 5.78 Å². The molecule has 7 atom stereocenters. The third-order valence-corrected chi connectivity index (χ3v) is 10.1.